The van der Waals surface area contributed by atoms with E-state index in [1.165, 1.54) is 6.07 Å². The molecule has 0 heterocycles. The van der Waals surface area contributed by atoms with E-state index in [-0.39, 0.29) is 18.3 Å². The van der Waals surface area contributed by atoms with Crippen LogP contribution in [-0.2, 0) is 4.79 Å². The monoisotopic (exact) mass is 336 g/mol. The Morgan fingerprint density at radius 3 is 2.70 bits per heavy atom. The average Bonchev–Trinajstić information content (AvgIpc) is 2.40. The molecule has 3 nitrogen and oxygen atoms in total. The maximum Gasteiger partial charge on any atom is 0.243 e. The highest BCUT2D eigenvalue weighted by Gasteiger charge is 2.04. The van der Waals surface area contributed by atoms with Crippen molar-refractivity contribution < 1.29 is 9.18 Å². The highest BCUT2D eigenvalue weighted by atomic mass is 79.9. The SMILES string of the molecule is Cc1cc(NCC(=O)Nc2cccc(Br)c2)ccc1F. The number of anilines is 2. The van der Waals surface area contributed by atoms with Crippen molar-refractivity contribution in [2.24, 2.45) is 0 Å². The van der Waals surface area contributed by atoms with E-state index in [2.05, 4.69) is 26.6 Å². The van der Waals surface area contributed by atoms with Gasteiger partial charge in [0.15, 0.2) is 0 Å². The van der Waals surface area contributed by atoms with Crippen molar-refractivity contribution in [3.05, 3.63) is 58.3 Å². The summed E-state index contributed by atoms with van der Waals surface area (Å²) in [5.74, 6) is -0.417. The van der Waals surface area contributed by atoms with Crippen LogP contribution in [0, 0.1) is 12.7 Å². The van der Waals surface area contributed by atoms with Crippen molar-refractivity contribution in [2.75, 3.05) is 17.2 Å². The summed E-state index contributed by atoms with van der Waals surface area (Å²) in [6, 6.07) is 12.0. The summed E-state index contributed by atoms with van der Waals surface area (Å²) in [4.78, 5) is 11.8. The zero-order valence-electron chi connectivity index (χ0n) is 10.9. The Morgan fingerprint density at radius 1 is 1.20 bits per heavy atom. The molecule has 0 fully saturated rings. The fourth-order valence-corrected chi connectivity index (χ4v) is 2.11. The lowest BCUT2D eigenvalue weighted by Gasteiger charge is -2.09. The Hall–Kier alpha value is -1.88. The third kappa shape index (κ3) is 4.06. The van der Waals surface area contributed by atoms with Gasteiger partial charge in [-0.05, 0) is 48.9 Å². The fraction of sp³-hybridized carbons (Fsp3) is 0.133. The van der Waals surface area contributed by atoms with Gasteiger partial charge in [0.05, 0.1) is 6.54 Å². The molecule has 1 amide bonds. The molecule has 0 radical (unpaired) electrons. The van der Waals surface area contributed by atoms with Crippen LogP contribution < -0.4 is 10.6 Å². The molecule has 20 heavy (non-hydrogen) atoms. The van der Waals surface area contributed by atoms with Gasteiger partial charge in [0.25, 0.3) is 0 Å². The van der Waals surface area contributed by atoms with E-state index < -0.39 is 0 Å². The van der Waals surface area contributed by atoms with Crippen LogP contribution in [0.1, 0.15) is 5.56 Å². The molecule has 0 aromatic heterocycles. The van der Waals surface area contributed by atoms with Gasteiger partial charge >= 0.3 is 0 Å². The van der Waals surface area contributed by atoms with Crippen LogP contribution in [0.5, 0.6) is 0 Å². The fourth-order valence-electron chi connectivity index (χ4n) is 1.71. The number of carbonyl (C=O) groups is 1. The maximum atomic E-state index is 13.1. The smallest absolute Gasteiger partial charge is 0.243 e. The zero-order chi connectivity index (χ0) is 14.5. The second kappa shape index (κ2) is 6.52. The molecule has 0 aliphatic heterocycles. The first-order valence-electron chi connectivity index (χ1n) is 6.10. The molecule has 104 valence electrons. The minimum atomic E-state index is -0.255. The van der Waals surface area contributed by atoms with E-state index in [4.69, 9.17) is 0 Å². The first kappa shape index (κ1) is 14.5. The van der Waals surface area contributed by atoms with E-state index in [0.29, 0.717) is 11.3 Å². The van der Waals surface area contributed by atoms with Crippen molar-refractivity contribution in [1.29, 1.82) is 0 Å². The molecule has 5 heteroatoms. The minimum Gasteiger partial charge on any atom is -0.376 e. The second-order valence-corrected chi connectivity index (χ2v) is 5.29. The normalized spacial score (nSPS) is 10.2. The Bertz CT molecular complexity index is 631. The molecule has 2 aromatic carbocycles. The number of aryl methyl sites for hydroxylation is 1. The van der Waals surface area contributed by atoms with Gasteiger partial charge < -0.3 is 10.6 Å². The Morgan fingerprint density at radius 2 is 2.00 bits per heavy atom. The molecule has 0 unspecified atom stereocenters. The van der Waals surface area contributed by atoms with Crippen LogP contribution in [0.25, 0.3) is 0 Å². The van der Waals surface area contributed by atoms with E-state index >= 15 is 0 Å². The summed E-state index contributed by atoms with van der Waals surface area (Å²) in [6.07, 6.45) is 0. The number of rotatable bonds is 4. The summed E-state index contributed by atoms with van der Waals surface area (Å²) in [6.45, 7) is 1.81. The van der Waals surface area contributed by atoms with Crippen LogP contribution in [0.15, 0.2) is 46.9 Å². The van der Waals surface area contributed by atoms with Gasteiger partial charge in [-0.3, -0.25) is 4.79 Å². The van der Waals surface area contributed by atoms with Crippen molar-refractivity contribution in [2.45, 2.75) is 6.92 Å². The predicted octanol–water partition coefficient (Wildman–Crippen LogP) is 3.95. The first-order valence-corrected chi connectivity index (χ1v) is 6.89. The molecule has 2 rings (SSSR count). The highest BCUT2D eigenvalue weighted by molar-refractivity contribution is 9.10. The van der Waals surface area contributed by atoms with E-state index in [1.807, 2.05) is 24.3 Å². The standard InChI is InChI=1S/C15H14BrFN2O/c1-10-7-12(5-6-14(10)17)18-9-15(20)19-13-4-2-3-11(16)8-13/h2-8,18H,9H2,1H3,(H,19,20). The van der Waals surface area contributed by atoms with Gasteiger partial charge in [0.2, 0.25) is 5.91 Å². The largest absolute Gasteiger partial charge is 0.376 e. The Kier molecular flexibility index (Phi) is 4.74. The molecular weight excluding hydrogens is 323 g/mol. The molecule has 0 aliphatic carbocycles. The molecule has 0 saturated heterocycles. The van der Waals surface area contributed by atoms with Gasteiger partial charge in [0.1, 0.15) is 5.82 Å². The zero-order valence-corrected chi connectivity index (χ0v) is 12.5. The first-order chi connectivity index (χ1) is 9.54. The molecule has 0 spiro atoms. The summed E-state index contributed by atoms with van der Waals surface area (Å²) in [7, 11) is 0. The number of nitrogens with one attached hydrogen (secondary N) is 2. The summed E-state index contributed by atoms with van der Waals surface area (Å²) < 4.78 is 14.0. The van der Waals surface area contributed by atoms with Crippen molar-refractivity contribution >= 4 is 33.2 Å². The average molecular weight is 337 g/mol. The minimum absolute atomic E-state index is 0.123. The number of amides is 1. The second-order valence-electron chi connectivity index (χ2n) is 4.38. The van der Waals surface area contributed by atoms with Crippen molar-refractivity contribution in [3.63, 3.8) is 0 Å². The molecule has 0 atom stereocenters. The molecule has 0 bridgehead atoms. The van der Waals surface area contributed by atoms with Crippen LogP contribution in [0.2, 0.25) is 0 Å². The molecular formula is C15H14BrFN2O. The number of hydrogen-bond donors (Lipinski definition) is 2. The molecule has 0 saturated carbocycles. The van der Waals surface area contributed by atoms with Gasteiger partial charge in [-0.2, -0.15) is 0 Å². The lowest BCUT2D eigenvalue weighted by atomic mass is 10.2. The van der Waals surface area contributed by atoms with E-state index in [9.17, 15) is 9.18 Å². The Labute approximate surface area is 125 Å². The number of benzene rings is 2. The number of halogens is 2. The quantitative estimate of drug-likeness (QED) is 0.887. The lowest BCUT2D eigenvalue weighted by Crippen LogP contribution is -2.21. The van der Waals surface area contributed by atoms with E-state index in [1.54, 1.807) is 19.1 Å². The van der Waals surface area contributed by atoms with Gasteiger partial charge in [0, 0.05) is 15.8 Å². The molecule has 2 aromatic rings. The maximum absolute atomic E-state index is 13.1. The molecule has 0 aliphatic rings. The predicted molar refractivity (Wildman–Crippen MR) is 82.4 cm³/mol. The van der Waals surface area contributed by atoms with Gasteiger partial charge in [-0.25, -0.2) is 4.39 Å². The summed E-state index contributed by atoms with van der Waals surface area (Å²) in [5, 5.41) is 5.73. The van der Waals surface area contributed by atoms with Gasteiger partial charge in [-0.1, -0.05) is 22.0 Å². The van der Waals surface area contributed by atoms with Crippen LogP contribution in [-0.4, -0.2) is 12.5 Å². The van der Waals surface area contributed by atoms with Gasteiger partial charge in [-0.15, -0.1) is 0 Å². The Balaban J connectivity index is 1.90. The molecule has 2 N–H and O–H groups in total. The topological polar surface area (TPSA) is 41.1 Å². The van der Waals surface area contributed by atoms with Crippen LogP contribution in [0.4, 0.5) is 15.8 Å². The number of carbonyl (C=O) groups excluding carboxylic acids is 1. The highest BCUT2D eigenvalue weighted by Crippen LogP contribution is 2.16. The third-order valence-corrected chi connectivity index (χ3v) is 3.21. The van der Waals surface area contributed by atoms with Crippen molar-refractivity contribution in [1.82, 2.24) is 0 Å². The third-order valence-electron chi connectivity index (χ3n) is 2.72. The summed E-state index contributed by atoms with van der Waals surface area (Å²) in [5.41, 5.74) is 1.98. The van der Waals surface area contributed by atoms with E-state index in [0.717, 1.165) is 10.2 Å². The summed E-state index contributed by atoms with van der Waals surface area (Å²) >= 11 is 3.34. The van der Waals surface area contributed by atoms with Crippen LogP contribution in [0.3, 0.4) is 0 Å². The number of hydrogen-bond acceptors (Lipinski definition) is 2. The lowest BCUT2D eigenvalue weighted by molar-refractivity contribution is -0.114. The van der Waals surface area contributed by atoms with Crippen LogP contribution >= 0.6 is 15.9 Å². The van der Waals surface area contributed by atoms with Crippen molar-refractivity contribution in [3.8, 4) is 0 Å².